The summed E-state index contributed by atoms with van der Waals surface area (Å²) >= 11 is 0. The van der Waals surface area contributed by atoms with Crippen LogP contribution in [0.3, 0.4) is 0 Å². The molecule has 2 aromatic rings. The van der Waals surface area contributed by atoms with E-state index in [0.29, 0.717) is 29.7 Å². The van der Waals surface area contributed by atoms with Gasteiger partial charge in [0.15, 0.2) is 0 Å². The van der Waals surface area contributed by atoms with Gasteiger partial charge in [0.05, 0.1) is 11.1 Å². The first-order chi connectivity index (χ1) is 14.0. The van der Waals surface area contributed by atoms with Crippen LogP contribution in [0.5, 0.6) is 0 Å². The summed E-state index contributed by atoms with van der Waals surface area (Å²) < 4.78 is 0. The lowest BCUT2D eigenvalue weighted by Crippen LogP contribution is -2.43. The molecule has 0 atom stereocenters. The maximum atomic E-state index is 12.8. The summed E-state index contributed by atoms with van der Waals surface area (Å²) in [7, 11) is 2.07. The second-order valence-electron chi connectivity index (χ2n) is 7.81. The number of carbonyl (C=O) groups is 3. The highest BCUT2D eigenvalue weighted by Crippen LogP contribution is 2.24. The average Bonchev–Trinajstić information content (AvgIpc) is 2.98. The number of hydrogen-bond acceptors (Lipinski definition) is 4. The Morgan fingerprint density at radius 1 is 1.00 bits per heavy atom. The van der Waals surface area contributed by atoms with E-state index in [4.69, 9.17) is 0 Å². The van der Waals surface area contributed by atoms with Gasteiger partial charge < -0.3 is 10.2 Å². The predicted octanol–water partition coefficient (Wildman–Crippen LogP) is 2.35. The van der Waals surface area contributed by atoms with Gasteiger partial charge in [-0.2, -0.15) is 0 Å². The number of fused-ring (bicyclic) bond motifs is 1. The topological polar surface area (TPSA) is 69.7 Å². The van der Waals surface area contributed by atoms with Gasteiger partial charge in [0.2, 0.25) is 0 Å². The van der Waals surface area contributed by atoms with E-state index in [-0.39, 0.29) is 23.8 Å². The van der Waals surface area contributed by atoms with E-state index < -0.39 is 0 Å². The van der Waals surface area contributed by atoms with E-state index >= 15 is 0 Å². The van der Waals surface area contributed by atoms with Gasteiger partial charge in [-0.15, -0.1) is 0 Å². The number of benzene rings is 2. The first-order valence-electron chi connectivity index (χ1n) is 10.1. The Labute approximate surface area is 170 Å². The van der Waals surface area contributed by atoms with E-state index in [9.17, 15) is 14.4 Å². The fourth-order valence-corrected chi connectivity index (χ4v) is 3.94. The smallest absolute Gasteiger partial charge is 0.261 e. The molecule has 3 amide bonds. The molecular weight excluding hydrogens is 366 g/mol. The minimum atomic E-state index is -0.324. The molecule has 6 nitrogen and oxygen atoms in total. The molecule has 29 heavy (non-hydrogen) atoms. The second-order valence-corrected chi connectivity index (χ2v) is 7.81. The molecule has 6 heteroatoms. The molecule has 2 aliphatic rings. The zero-order valence-corrected chi connectivity index (χ0v) is 16.6. The number of piperidine rings is 1. The first-order valence-corrected chi connectivity index (χ1v) is 10.1. The lowest BCUT2D eigenvalue weighted by atomic mass is 10.0. The quantitative estimate of drug-likeness (QED) is 0.795. The van der Waals surface area contributed by atoms with Gasteiger partial charge in [0, 0.05) is 18.2 Å². The van der Waals surface area contributed by atoms with Crippen LogP contribution in [0.4, 0.5) is 0 Å². The molecule has 0 unspecified atom stereocenters. The van der Waals surface area contributed by atoms with Crippen molar-refractivity contribution >= 4 is 17.7 Å². The Balaban J connectivity index is 1.44. The van der Waals surface area contributed by atoms with Gasteiger partial charge in [0.25, 0.3) is 17.7 Å². The largest absolute Gasteiger partial charge is 0.349 e. The lowest BCUT2D eigenvalue weighted by Gasteiger charge is -2.29. The first kappa shape index (κ1) is 19.3. The molecule has 2 aromatic carbocycles. The predicted molar refractivity (Wildman–Crippen MR) is 110 cm³/mol. The van der Waals surface area contributed by atoms with Gasteiger partial charge in [-0.1, -0.05) is 30.3 Å². The molecule has 1 saturated heterocycles. The van der Waals surface area contributed by atoms with Crippen molar-refractivity contribution < 1.29 is 14.4 Å². The van der Waals surface area contributed by atoms with Crippen molar-refractivity contribution in [3.63, 3.8) is 0 Å². The second kappa shape index (κ2) is 8.17. The van der Waals surface area contributed by atoms with Crippen LogP contribution in [0.25, 0.3) is 0 Å². The van der Waals surface area contributed by atoms with Crippen LogP contribution in [0.2, 0.25) is 0 Å². The number of rotatable bonds is 5. The van der Waals surface area contributed by atoms with E-state index in [1.165, 1.54) is 4.90 Å². The maximum absolute atomic E-state index is 12.8. The van der Waals surface area contributed by atoms with Crippen LogP contribution < -0.4 is 5.32 Å². The van der Waals surface area contributed by atoms with Crippen molar-refractivity contribution in [3.05, 3.63) is 70.8 Å². The fourth-order valence-electron chi connectivity index (χ4n) is 3.94. The van der Waals surface area contributed by atoms with Crippen molar-refractivity contribution in [3.8, 4) is 0 Å². The number of carbonyl (C=O) groups excluding carboxylic acids is 3. The third-order valence-corrected chi connectivity index (χ3v) is 5.75. The highest BCUT2D eigenvalue weighted by atomic mass is 16.2. The number of imide groups is 1. The summed E-state index contributed by atoms with van der Waals surface area (Å²) in [6, 6.07) is 14.7. The monoisotopic (exact) mass is 391 g/mol. The zero-order valence-electron chi connectivity index (χ0n) is 16.6. The minimum absolute atomic E-state index is 0.145. The molecule has 2 aliphatic heterocycles. The standard InChI is InChI=1S/C23H25N3O3/c1-25-12-10-18(11-13-25)24-21(27)17-7-8-19-20(15-17)23(29)26(22(19)28)14-9-16-5-3-2-4-6-16/h2-8,15,18H,9-14H2,1H3,(H,24,27). The molecule has 0 aliphatic carbocycles. The van der Waals surface area contributed by atoms with Crippen molar-refractivity contribution in [2.24, 2.45) is 0 Å². The van der Waals surface area contributed by atoms with Crippen molar-refractivity contribution in [2.45, 2.75) is 25.3 Å². The third-order valence-electron chi connectivity index (χ3n) is 5.75. The van der Waals surface area contributed by atoms with Gasteiger partial charge in [-0.3, -0.25) is 19.3 Å². The lowest BCUT2D eigenvalue weighted by molar-refractivity contribution is 0.0656. The summed E-state index contributed by atoms with van der Waals surface area (Å²) in [5.41, 5.74) is 2.19. The van der Waals surface area contributed by atoms with E-state index in [1.54, 1.807) is 18.2 Å². The Kier molecular flexibility index (Phi) is 5.45. The van der Waals surface area contributed by atoms with Crippen molar-refractivity contribution in [1.82, 2.24) is 15.1 Å². The van der Waals surface area contributed by atoms with Crippen LogP contribution in [0.1, 0.15) is 49.5 Å². The summed E-state index contributed by atoms with van der Waals surface area (Å²) in [4.78, 5) is 41.6. The molecule has 0 bridgehead atoms. The molecular formula is C23H25N3O3. The molecule has 2 heterocycles. The third kappa shape index (κ3) is 4.07. The fraction of sp³-hybridized carbons (Fsp3) is 0.348. The average molecular weight is 391 g/mol. The van der Waals surface area contributed by atoms with E-state index in [1.807, 2.05) is 30.3 Å². The van der Waals surface area contributed by atoms with Crippen molar-refractivity contribution in [2.75, 3.05) is 26.7 Å². The van der Waals surface area contributed by atoms with Gasteiger partial charge in [-0.25, -0.2) is 0 Å². The Morgan fingerprint density at radius 2 is 1.69 bits per heavy atom. The number of nitrogens with zero attached hydrogens (tertiary/aromatic N) is 2. The molecule has 0 saturated carbocycles. The summed E-state index contributed by atoms with van der Waals surface area (Å²) in [6.45, 7) is 2.24. The summed E-state index contributed by atoms with van der Waals surface area (Å²) in [6.07, 6.45) is 2.44. The number of nitrogens with one attached hydrogen (secondary N) is 1. The summed E-state index contributed by atoms with van der Waals surface area (Å²) in [5.74, 6) is -0.802. The number of hydrogen-bond donors (Lipinski definition) is 1. The Bertz CT molecular complexity index is 934. The normalized spacial score (nSPS) is 17.5. The maximum Gasteiger partial charge on any atom is 0.261 e. The van der Waals surface area contributed by atoms with E-state index in [0.717, 1.165) is 31.5 Å². The highest BCUT2D eigenvalue weighted by Gasteiger charge is 2.35. The Hall–Kier alpha value is -2.99. The van der Waals surface area contributed by atoms with Crippen LogP contribution in [0.15, 0.2) is 48.5 Å². The Morgan fingerprint density at radius 3 is 2.41 bits per heavy atom. The van der Waals surface area contributed by atoms with Crippen LogP contribution in [0, 0.1) is 0 Å². The minimum Gasteiger partial charge on any atom is -0.349 e. The molecule has 1 fully saturated rings. The van der Waals surface area contributed by atoms with Crippen LogP contribution >= 0.6 is 0 Å². The molecule has 0 aromatic heterocycles. The van der Waals surface area contributed by atoms with Crippen LogP contribution in [-0.4, -0.2) is 60.2 Å². The number of likely N-dealkylation sites (tertiary alicyclic amines) is 1. The van der Waals surface area contributed by atoms with E-state index in [2.05, 4.69) is 17.3 Å². The summed E-state index contributed by atoms with van der Waals surface area (Å²) in [5, 5.41) is 3.06. The number of amides is 3. The van der Waals surface area contributed by atoms with Crippen LogP contribution in [-0.2, 0) is 6.42 Å². The molecule has 0 radical (unpaired) electrons. The SMILES string of the molecule is CN1CCC(NC(=O)c2ccc3c(c2)C(=O)N(CCc2ccccc2)C3=O)CC1. The highest BCUT2D eigenvalue weighted by molar-refractivity contribution is 6.22. The molecule has 0 spiro atoms. The molecule has 4 rings (SSSR count). The molecule has 1 N–H and O–H groups in total. The zero-order chi connectivity index (χ0) is 20.4. The van der Waals surface area contributed by atoms with Crippen molar-refractivity contribution in [1.29, 1.82) is 0 Å². The van der Waals surface area contributed by atoms with Gasteiger partial charge in [0.1, 0.15) is 0 Å². The van der Waals surface area contributed by atoms with Gasteiger partial charge in [-0.05, 0) is 63.2 Å². The molecule has 150 valence electrons. The van der Waals surface area contributed by atoms with Gasteiger partial charge >= 0.3 is 0 Å².